The van der Waals surface area contributed by atoms with Crippen molar-refractivity contribution in [3.05, 3.63) is 66.2 Å². The molecule has 3 N–H and O–H groups in total. The Balaban J connectivity index is 2.46. The number of amides is 1. The second-order valence-electron chi connectivity index (χ2n) is 4.57. The number of benzene rings is 2. The number of carboxylic acid groups (broad SMARTS) is 1. The van der Waals surface area contributed by atoms with Gasteiger partial charge in [-0.1, -0.05) is 48.5 Å². The topological polar surface area (TPSA) is 83.6 Å². The lowest BCUT2D eigenvalue weighted by Crippen LogP contribution is -2.40. The predicted octanol–water partition coefficient (Wildman–Crippen LogP) is 1.80. The van der Waals surface area contributed by atoms with E-state index in [9.17, 15) is 9.59 Å². The summed E-state index contributed by atoms with van der Waals surface area (Å²) in [5, 5.41) is 9.13. The second kappa shape index (κ2) is 6.56. The molecule has 0 aliphatic rings. The average Bonchev–Trinajstić information content (AvgIpc) is 2.48. The number of carbonyl (C=O) groups is 2. The van der Waals surface area contributed by atoms with Crippen LogP contribution in [0.15, 0.2) is 60.7 Å². The summed E-state index contributed by atoms with van der Waals surface area (Å²) < 4.78 is 0. The molecule has 1 amide bonds. The molecule has 108 valence electrons. The molecule has 0 aromatic heterocycles. The lowest BCUT2D eigenvalue weighted by molar-refractivity contribution is -0.135. The molecule has 0 radical (unpaired) electrons. The van der Waals surface area contributed by atoms with Gasteiger partial charge in [0.25, 0.3) is 0 Å². The summed E-state index contributed by atoms with van der Waals surface area (Å²) in [6.45, 7) is -0.313. The van der Waals surface area contributed by atoms with E-state index in [1.807, 2.05) is 12.1 Å². The Morgan fingerprint density at radius 3 is 2.00 bits per heavy atom. The molecule has 0 bridgehead atoms. The third-order valence-electron chi connectivity index (χ3n) is 3.09. The molecule has 21 heavy (non-hydrogen) atoms. The van der Waals surface area contributed by atoms with Crippen LogP contribution >= 0.6 is 0 Å². The number of aliphatic carboxylic acids is 1. The van der Waals surface area contributed by atoms with Gasteiger partial charge in [0.1, 0.15) is 12.6 Å². The van der Waals surface area contributed by atoms with Crippen molar-refractivity contribution in [1.29, 1.82) is 0 Å². The maximum absolute atomic E-state index is 11.9. The SMILES string of the molecule is NC(=O)C(c1ccccc1)N(CC(=O)O)c1ccccc1. The number of nitrogens with two attached hydrogens (primary N) is 1. The van der Waals surface area contributed by atoms with E-state index in [1.54, 1.807) is 48.5 Å². The van der Waals surface area contributed by atoms with Crippen molar-refractivity contribution in [2.45, 2.75) is 6.04 Å². The van der Waals surface area contributed by atoms with Gasteiger partial charge < -0.3 is 15.7 Å². The van der Waals surface area contributed by atoms with Crippen LogP contribution in [-0.2, 0) is 9.59 Å². The van der Waals surface area contributed by atoms with Crippen LogP contribution in [0.4, 0.5) is 5.69 Å². The number of anilines is 1. The maximum Gasteiger partial charge on any atom is 0.323 e. The first-order valence-corrected chi connectivity index (χ1v) is 6.47. The fourth-order valence-electron chi connectivity index (χ4n) is 2.23. The van der Waals surface area contributed by atoms with E-state index in [1.165, 1.54) is 4.90 Å². The molecule has 0 spiro atoms. The Bertz CT molecular complexity index is 614. The van der Waals surface area contributed by atoms with E-state index < -0.39 is 17.9 Å². The third-order valence-corrected chi connectivity index (χ3v) is 3.09. The van der Waals surface area contributed by atoms with E-state index in [0.717, 1.165) is 0 Å². The van der Waals surface area contributed by atoms with E-state index in [-0.39, 0.29) is 6.54 Å². The van der Waals surface area contributed by atoms with E-state index in [2.05, 4.69) is 0 Å². The molecule has 0 saturated heterocycles. The minimum absolute atomic E-state index is 0.313. The Hall–Kier alpha value is -2.82. The zero-order valence-corrected chi connectivity index (χ0v) is 11.3. The minimum Gasteiger partial charge on any atom is -0.480 e. The predicted molar refractivity (Wildman–Crippen MR) is 79.8 cm³/mol. The quantitative estimate of drug-likeness (QED) is 0.847. The van der Waals surface area contributed by atoms with E-state index in [0.29, 0.717) is 11.3 Å². The highest BCUT2D eigenvalue weighted by molar-refractivity contribution is 5.87. The normalized spacial score (nSPS) is 11.6. The summed E-state index contributed by atoms with van der Waals surface area (Å²) in [6.07, 6.45) is 0. The number of hydrogen-bond donors (Lipinski definition) is 2. The average molecular weight is 284 g/mol. The fourth-order valence-corrected chi connectivity index (χ4v) is 2.23. The highest BCUT2D eigenvalue weighted by Gasteiger charge is 2.27. The van der Waals surface area contributed by atoms with Gasteiger partial charge in [-0.05, 0) is 17.7 Å². The first kappa shape index (κ1) is 14.6. The van der Waals surface area contributed by atoms with Gasteiger partial charge in [0.15, 0.2) is 0 Å². The smallest absolute Gasteiger partial charge is 0.323 e. The summed E-state index contributed by atoms with van der Waals surface area (Å²) in [6, 6.07) is 17.0. The molecule has 2 aromatic carbocycles. The fraction of sp³-hybridized carbons (Fsp3) is 0.125. The van der Waals surface area contributed by atoms with Crippen molar-refractivity contribution in [3.63, 3.8) is 0 Å². The summed E-state index contributed by atoms with van der Waals surface area (Å²) in [5.74, 6) is -1.62. The molecule has 5 nitrogen and oxygen atoms in total. The molecule has 2 aromatic rings. The largest absolute Gasteiger partial charge is 0.480 e. The van der Waals surface area contributed by atoms with Gasteiger partial charge in [0.2, 0.25) is 5.91 Å². The third kappa shape index (κ3) is 3.60. The van der Waals surface area contributed by atoms with Crippen molar-refractivity contribution in [3.8, 4) is 0 Å². The van der Waals surface area contributed by atoms with Gasteiger partial charge in [0, 0.05) is 5.69 Å². The van der Waals surface area contributed by atoms with Gasteiger partial charge in [-0.25, -0.2) is 0 Å². The van der Waals surface area contributed by atoms with Gasteiger partial charge in [-0.2, -0.15) is 0 Å². The van der Waals surface area contributed by atoms with Gasteiger partial charge in [-0.3, -0.25) is 9.59 Å². The van der Waals surface area contributed by atoms with Crippen molar-refractivity contribution in [1.82, 2.24) is 0 Å². The maximum atomic E-state index is 11.9. The Morgan fingerprint density at radius 2 is 1.52 bits per heavy atom. The molecule has 0 fully saturated rings. The van der Waals surface area contributed by atoms with Crippen molar-refractivity contribution < 1.29 is 14.7 Å². The molecular formula is C16H16N2O3. The second-order valence-corrected chi connectivity index (χ2v) is 4.57. The summed E-state index contributed by atoms with van der Waals surface area (Å²) in [5.41, 5.74) is 6.80. The molecule has 0 heterocycles. The molecule has 0 aliphatic heterocycles. The summed E-state index contributed by atoms with van der Waals surface area (Å²) in [7, 11) is 0. The highest BCUT2D eigenvalue weighted by atomic mass is 16.4. The number of para-hydroxylation sites is 1. The van der Waals surface area contributed by atoms with Crippen LogP contribution in [0.1, 0.15) is 11.6 Å². The van der Waals surface area contributed by atoms with Gasteiger partial charge in [-0.15, -0.1) is 0 Å². The molecule has 5 heteroatoms. The number of carbonyl (C=O) groups excluding carboxylic acids is 1. The first-order valence-electron chi connectivity index (χ1n) is 6.47. The highest BCUT2D eigenvalue weighted by Crippen LogP contribution is 2.26. The Kier molecular flexibility index (Phi) is 4.56. The number of nitrogens with zero attached hydrogens (tertiary/aromatic N) is 1. The Morgan fingerprint density at radius 1 is 1.00 bits per heavy atom. The van der Waals surface area contributed by atoms with Crippen LogP contribution in [0.2, 0.25) is 0 Å². The molecule has 2 rings (SSSR count). The van der Waals surface area contributed by atoms with Crippen LogP contribution in [0, 0.1) is 0 Å². The molecular weight excluding hydrogens is 268 g/mol. The first-order chi connectivity index (χ1) is 10.1. The summed E-state index contributed by atoms with van der Waals surface area (Å²) in [4.78, 5) is 24.5. The van der Waals surface area contributed by atoms with Crippen LogP contribution in [0.3, 0.4) is 0 Å². The zero-order chi connectivity index (χ0) is 15.2. The monoisotopic (exact) mass is 284 g/mol. The van der Waals surface area contributed by atoms with Crippen LogP contribution < -0.4 is 10.6 Å². The lowest BCUT2D eigenvalue weighted by atomic mass is 10.0. The van der Waals surface area contributed by atoms with Crippen molar-refractivity contribution >= 4 is 17.6 Å². The van der Waals surface area contributed by atoms with Gasteiger partial charge >= 0.3 is 5.97 Å². The van der Waals surface area contributed by atoms with Crippen LogP contribution in [0.5, 0.6) is 0 Å². The molecule has 1 unspecified atom stereocenters. The number of primary amides is 1. The zero-order valence-electron chi connectivity index (χ0n) is 11.3. The number of rotatable bonds is 6. The molecule has 0 aliphatic carbocycles. The number of carboxylic acids is 1. The number of hydrogen-bond acceptors (Lipinski definition) is 3. The Labute approximate surface area is 122 Å². The molecule has 1 atom stereocenters. The van der Waals surface area contributed by atoms with Crippen LogP contribution in [-0.4, -0.2) is 23.5 Å². The summed E-state index contributed by atoms with van der Waals surface area (Å²) >= 11 is 0. The lowest BCUT2D eigenvalue weighted by Gasteiger charge is -2.30. The van der Waals surface area contributed by atoms with Crippen molar-refractivity contribution in [2.24, 2.45) is 5.73 Å². The minimum atomic E-state index is -1.03. The van der Waals surface area contributed by atoms with Gasteiger partial charge in [0.05, 0.1) is 0 Å². The van der Waals surface area contributed by atoms with E-state index in [4.69, 9.17) is 10.8 Å². The van der Waals surface area contributed by atoms with E-state index >= 15 is 0 Å². The van der Waals surface area contributed by atoms with Crippen LogP contribution in [0.25, 0.3) is 0 Å². The standard InChI is InChI=1S/C16H16N2O3/c17-16(21)15(12-7-3-1-4-8-12)18(11-14(19)20)13-9-5-2-6-10-13/h1-10,15H,11H2,(H2,17,21)(H,19,20). The molecule has 0 saturated carbocycles. The van der Waals surface area contributed by atoms with Crippen molar-refractivity contribution in [2.75, 3.05) is 11.4 Å².